The first kappa shape index (κ1) is 26.5. The lowest BCUT2D eigenvalue weighted by Crippen LogP contribution is -2.46. The molecule has 216 valence electrons. The number of fused-ring (bicyclic) bond motifs is 3. The van der Waals surface area contributed by atoms with Crippen molar-refractivity contribution in [2.24, 2.45) is 0 Å². The fourth-order valence-electron chi connectivity index (χ4n) is 6.31. The smallest absolute Gasteiger partial charge is 0.291 e. The highest BCUT2D eigenvalue weighted by Gasteiger charge is 2.46. The molecule has 2 aliphatic heterocycles. The minimum absolute atomic E-state index is 0.0100. The maximum absolute atomic E-state index is 13.2. The Morgan fingerprint density at radius 1 is 1.12 bits per heavy atom. The molecule has 13 nitrogen and oxygen atoms in total. The molecule has 0 radical (unpaired) electrons. The van der Waals surface area contributed by atoms with Gasteiger partial charge in [-0.25, -0.2) is 18.4 Å². The summed E-state index contributed by atoms with van der Waals surface area (Å²) in [5, 5.41) is 11.7. The van der Waals surface area contributed by atoms with Crippen LogP contribution in [0.5, 0.6) is 5.06 Å². The minimum atomic E-state index is -3.75. The number of nitrogens with one attached hydrogen (secondary N) is 1. The third kappa shape index (κ3) is 4.30. The first-order chi connectivity index (χ1) is 20.2. The number of carbonyl (C=O) groups is 1. The van der Waals surface area contributed by atoms with Gasteiger partial charge in [0.25, 0.3) is 5.91 Å². The van der Waals surface area contributed by atoms with Crippen molar-refractivity contribution in [2.75, 3.05) is 19.1 Å². The lowest BCUT2D eigenvalue weighted by atomic mass is 9.87. The zero-order valence-corrected chi connectivity index (χ0v) is 24.4. The Hall–Kier alpha value is -4.37. The number of methoxy groups -OCH3 is 1. The highest BCUT2D eigenvalue weighted by atomic mass is 32.2. The molecule has 0 saturated carbocycles. The van der Waals surface area contributed by atoms with Crippen molar-refractivity contribution in [3.05, 3.63) is 54.5 Å². The fourth-order valence-corrected chi connectivity index (χ4v) is 8.16. The molecule has 5 aromatic heterocycles. The van der Waals surface area contributed by atoms with Gasteiger partial charge in [0.05, 0.1) is 29.6 Å². The molecule has 3 N–H and O–H groups in total. The number of piperidine rings is 1. The van der Waals surface area contributed by atoms with Crippen molar-refractivity contribution >= 4 is 38.5 Å². The quantitative estimate of drug-likeness (QED) is 0.292. The molecule has 15 heteroatoms. The third-order valence-corrected chi connectivity index (χ3v) is 10.3. The number of rotatable bonds is 6. The number of aromatic amines is 1. The number of H-pyrrole nitrogens is 1. The number of ether oxygens (including phenoxy) is 1. The monoisotopic (exact) mass is 605 g/mol. The number of amides is 1. The summed E-state index contributed by atoms with van der Waals surface area (Å²) < 4.78 is 32.8. The van der Waals surface area contributed by atoms with E-state index in [1.807, 2.05) is 29.2 Å². The van der Waals surface area contributed by atoms with Gasteiger partial charge in [-0.3, -0.25) is 14.9 Å². The fraction of sp³-hybridized carbons (Fsp3) is 0.333. The first-order valence-electron chi connectivity index (χ1n) is 13.4. The van der Waals surface area contributed by atoms with Gasteiger partial charge in [-0.1, -0.05) is 17.4 Å². The number of aromatic nitrogens is 7. The molecule has 2 bridgehead atoms. The standard InChI is InChI=1S/C27H27N9O4S2/c1-40-21-8-7-20(41-21)19-6-3-14(11-29-19)18-12-32-36-24(28)23(42(2,38)39)22(33-26(18)36)15-9-16-4-5-17(10-15)35(16)27(37)25-30-13-31-34-25/h3,6-8,11-13,15-17H,4-5,9-10,28H2,1-2H3,(H,30,31,34)/t16-,17-/m1/s1. The predicted molar refractivity (Wildman–Crippen MR) is 155 cm³/mol. The Morgan fingerprint density at radius 2 is 1.90 bits per heavy atom. The number of hydrogen-bond donors (Lipinski definition) is 2. The van der Waals surface area contributed by atoms with Crippen LogP contribution < -0.4 is 10.5 Å². The third-order valence-electron chi connectivity index (χ3n) is 8.12. The predicted octanol–water partition coefficient (Wildman–Crippen LogP) is 3.18. The molecule has 2 saturated heterocycles. The van der Waals surface area contributed by atoms with Crippen molar-refractivity contribution in [1.29, 1.82) is 0 Å². The summed E-state index contributed by atoms with van der Waals surface area (Å²) in [6, 6.07) is 7.55. The van der Waals surface area contributed by atoms with Gasteiger partial charge in [0.15, 0.2) is 20.5 Å². The van der Waals surface area contributed by atoms with Crippen LogP contribution >= 0.6 is 11.3 Å². The molecule has 0 aliphatic carbocycles. The second-order valence-electron chi connectivity index (χ2n) is 10.6. The van der Waals surface area contributed by atoms with E-state index in [4.69, 9.17) is 15.5 Å². The van der Waals surface area contributed by atoms with Crippen molar-refractivity contribution in [3.8, 4) is 26.8 Å². The molecule has 0 unspecified atom stereocenters. The van der Waals surface area contributed by atoms with Gasteiger partial charge >= 0.3 is 0 Å². The van der Waals surface area contributed by atoms with E-state index in [1.54, 1.807) is 19.5 Å². The Balaban J connectivity index is 1.27. The van der Waals surface area contributed by atoms with Crippen molar-refractivity contribution in [3.63, 3.8) is 0 Å². The lowest BCUT2D eigenvalue weighted by molar-refractivity contribution is 0.0556. The molecule has 7 heterocycles. The van der Waals surface area contributed by atoms with Crippen LogP contribution in [0, 0.1) is 0 Å². The summed E-state index contributed by atoms with van der Waals surface area (Å²) in [6.45, 7) is 0. The van der Waals surface area contributed by atoms with E-state index >= 15 is 0 Å². The SMILES string of the molecule is COc1ccc(-c2ccc(-c3cnn4c(N)c(S(C)(=O)=O)c(C5C[C@H]6CC[C@H](C5)N6C(=O)c5ncn[nH]5)nc34)cn2)s1. The molecule has 0 spiro atoms. The second kappa shape index (κ2) is 9.87. The summed E-state index contributed by atoms with van der Waals surface area (Å²) in [5.41, 5.74) is 9.65. The number of pyridine rings is 1. The second-order valence-corrected chi connectivity index (χ2v) is 13.6. The van der Waals surface area contributed by atoms with E-state index in [1.165, 1.54) is 22.2 Å². The van der Waals surface area contributed by atoms with Crippen molar-refractivity contribution < 1.29 is 17.9 Å². The van der Waals surface area contributed by atoms with Gasteiger partial charge in [-0.15, -0.1) is 0 Å². The first-order valence-corrected chi connectivity index (χ1v) is 16.1. The van der Waals surface area contributed by atoms with Gasteiger partial charge in [-0.05, 0) is 43.9 Å². The minimum Gasteiger partial charge on any atom is -0.487 e. The van der Waals surface area contributed by atoms with Crippen LogP contribution in [0.2, 0.25) is 0 Å². The number of sulfone groups is 1. The van der Waals surface area contributed by atoms with Crippen molar-refractivity contribution in [2.45, 2.75) is 48.6 Å². The maximum atomic E-state index is 13.2. The number of carbonyl (C=O) groups excluding carboxylic acids is 1. The van der Waals surface area contributed by atoms with E-state index in [0.29, 0.717) is 29.7 Å². The Labute approximate surface area is 244 Å². The molecule has 7 rings (SSSR count). The van der Waals surface area contributed by atoms with Gasteiger partial charge in [-0.2, -0.15) is 14.7 Å². The largest absolute Gasteiger partial charge is 0.487 e. The number of nitrogens with two attached hydrogens (primary N) is 1. The Morgan fingerprint density at radius 3 is 2.52 bits per heavy atom. The van der Waals surface area contributed by atoms with E-state index in [9.17, 15) is 13.2 Å². The summed E-state index contributed by atoms with van der Waals surface area (Å²) in [7, 11) is -2.12. The van der Waals surface area contributed by atoms with Crippen LogP contribution in [0.25, 0.3) is 27.3 Å². The summed E-state index contributed by atoms with van der Waals surface area (Å²) in [4.78, 5) is 29.6. The lowest BCUT2D eigenvalue weighted by Gasteiger charge is -2.38. The summed E-state index contributed by atoms with van der Waals surface area (Å²) >= 11 is 1.50. The maximum Gasteiger partial charge on any atom is 0.291 e. The molecule has 2 fully saturated rings. The number of hydrogen-bond acceptors (Lipinski definition) is 11. The molecule has 5 aromatic rings. The van der Waals surface area contributed by atoms with E-state index in [-0.39, 0.29) is 40.4 Å². The normalized spacial score (nSPS) is 20.3. The Kier molecular flexibility index (Phi) is 6.23. The molecular formula is C27H27N9O4S2. The zero-order valence-electron chi connectivity index (χ0n) is 22.8. The highest BCUT2D eigenvalue weighted by Crippen LogP contribution is 2.45. The van der Waals surface area contributed by atoms with E-state index < -0.39 is 9.84 Å². The number of anilines is 1. The molecular weight excluding hydrogens is 578 g/mol. The van der Waals surface area contributed by atoms with Crippen LogP contribution in [0.4, 0.5) is 5.82 Å². The number of nitrogens with zero attached hydrogens (tertiary/aromatic N) is 7. The van der Waals surface area contributed by atoms with E-state index in [2.05, 4.69) is 25.3 Å². The van der Waals surface area contributed by atoms with Gasteiger partial charge < -0.3 is 15.4 Å². The molecule has 0 aromatic carbocycles. The zero-order chi connectivity index (χ0) is 29.2. The van der Waals surface area contributed by atoms with Gasteiger partial charge in [0.1, 0.15) is 17.0 Å². The van der Waals surface area contributed by atoms with Crippen LogP contribution in [0.3, 0.4) is 0 Å². The molecule has 2 atom stereocenters. The van der Waals surface area contributed by atoms with Crippen molar-refractivity contribution in [1.82, 2.24) is 39.7 Å². The topological polar surface area (TPSA) is 174 Å². The highest BCUT2D eigenvalue weighted by molar-refractivity contribution is 7.91. The number of thiophene rings is 1. The average molecular weight is 606 g/mol. The van der Waals surface area contributed by atoms with Gasteiger partial charge in [0.2, 0.25) is 5.82 Å². The van der Waals surface area contributed by atoms with Crippen LogP contribution in [-0.2, 0) is 9.84 Å². The number of nitrogen functional groups attached to an aromatic ring is 1. The molecule has 1 amide bonds. The van der Waals surface area contributed by atoms with Crippen LogP contribution in [-0.4, -0.2) is 79.4 Å². The summed E-state index contributed by atoms with van der Waals surface area (Å²) in [5.74, 6) is -0.186. The van der Waals surface area contributed by atoms with Gasteiger partial charge in [0, 0.05) is 41.6 Å². The summed E-state index contributed by atoms with van der Waals surface area (Å²) in [6.07, 6.45) is 8.58. The van der Waals surface area contributed by atoms with E-state index in [0.717, 1.165) is 40.3 Å². The molecule has 2 aliphatic rings. The average Bonchev–Trinajstić information content (AvgIpc) is 3.78. The van der Waals surface area contributed by atoms with Crippen LogP contribution in [0.15, 0.2) is 47.9 Å². The van der Waals surface area contributed by atoms with Crippen LogP contribution in [0.1, 0.15) is 47.9 Å². The Bertz CT molecular complexity index is 1900. The molecule has 42 heavy (non-hydrogen) atoms.